The number of rotatable bonds is 4. The summed E-state index contributed by atoms with van der Waals surface area (Å²) in [5, 5.41) is 2.73. The summed E-state index contributed by atoms with van der Waals surface area (Å²) in [4.78, 5) is 10.6. The maximum absolute atomic E-state index is 10.6. The minimum Gasteiger partial charge on any atom is -0.348 e. The van der Waals surface area contributed by atoms with Crippen molar-refractivity contribution in [3.8, 4) is 0 Å². The van der Waals surface area contributed by atoms with E-state index in [1.54, 1.807) is 0 Å². The van der Waals surface area contributed by atoms with Gasteiger partial charge in [0.2, 0.25) is 6.41 Å². The van der Waals surface area contributed by atoms with Gasteiger partial charge in [0.1, 0.15) is 6.04 Å². The molecule has 3 aliphatic rings. The van der Waals surface area contributed by atoms with E-state index in [0.717, 1.165) is 0 Å². The lowest BCUT2D eigenvalue weighted by atomic mass is 9.89. The van der Waals surface area contributed by atoms with Crippen molar-refractivity contribution in [2.75, 3.05) is 19.8 Å². The monoisotopic (exact) mass is 229 g/mol. The van der Waals surface area contributed by atoms with Gasteiger partial charge in [-0.25, -0.2) is 0 Å². The number of fused-ring (bicyclic) bond motifs is 3. The molecule has 5 heteroatoms. The Bertz CT molecular complexity index is 255. The summed E-state index contributed by atoms with van der Waals surface area (Å²) >= 11 is 0. The van der Waals surface area contributed by atoms with Gasteiger partial charge in [-0.3, -0.25) is 4.79 Å². The third-order valence-corrected chi connectivity index (χ3v) is 3.16. The molecule has 0 aromatic carbocycles. The summed E-state index contributed by atoms with van der Waals surface area (Å²) in [7, 11) is 0. The highest BCUT2D eigenvalue weighted by Gasteiger charge is 2.55. The number of ether oxygens (including phenoxy) is 3. The van der Waals surface area contributed by atoms with E-state index in [9.17, 15) is 4.79 Å². The molecule has 0 aromatic heterocycles. The second-order valence-corrected chi connectivity index (χ2v) is 5.29. The van der Waals surface area contributed by atoms with E-state index in [2.05, 4.69) is 12.2 Å². The Hall–Kier alpha value is -0.650. The molecule has 2 bridgehead atoms. The fourth-order valence-electron chi connectivity index (χ4n) is 2.12. The molecule has 3 rings (SSSR count). The van der Waals surface area contributed by atoms with E-state index in [1.165, 1.54) is 0 Å². The summed E-state index contributed by atoms with van der Waals surface area (Å²) in [5.74, 6) is -0.917. The molecular weight excluding hydrogens is 210 g/mol. The minimum absolute atomic E-state index is 0.0511. The molecule has 3 fully saturated rings. The molecular formula is C11H19NO4. The summed E-state index contributed by atoms with van der Waals surface area (Å²) in [5.41, 5.74) is -0.0511. The molecule has 1 atom stereocenters. The largest absolute Gasteiger partial charge is 0.348 e. The van der Waals surface area contributed by atoms with E-state index >= 15 is 0 Å². The average molecular weight is 229 g/mol. The first-order valence-corrected chi connectivity index (χ1v) is 5.63. The minimum atomic E-state index is -1.09. The van der Waals surface area contributed by atoms with Crippen molar-refractivity contribution in [3.63, 3.8) is 0 Å². The Morgan fingerprint density at radius 1 is 1.19 bits per heavy atom. The standard InChI is InChI=1S/C11H19NO4/c1-8(2)9(12-7-13)11-14-4-10(3,5-15-11)6-16-11/h7-9H,4-6H2,1-3H3,(H,12,13)/t9-,10?,11?/m0/s1. The average Bonchev–Trinajstić information content (AvgIpc) is 2.27. The van der Waals surface area contributed by atoms with Gasteiger partial charge in [0, 0.05) is 5.41 Å². The summed E-state index contributed by atoms with van der Waals surface area (Å²) < 4.78 is 17.0. The number of nitrogens with one attached hydrogen (secondary N) is 1. The van der Waals surface area contributed by atoms with Crippen LogP contribution in [0.4, 0.5) is 0 Å². The third kappa shape index (κ3) is 1.83. The Morgan fingerprint density at radius 2 is 1.69 bits per heavy atom. The highest BCUT2D eigenvalue weighted by molar-refractivity contribution is 5.47. The molecule has 0 radical (unpaired) electrons. The van der Waals surface area contributed by atoms with Gasteiger partial charge in [-0.15, -0.1) is 0 Å². The fraction of sp³-hybridized carbons (Fsp3) is 0.909. The Kier molecular flexibility index (Phi) is 2.94. The van der Waals surface area contributed by atoms with Crippen LogP contribution in [0, 0.1) is 11.3 Å². The van der Waals surface area contributed by atoms with Gasteiger partial charge >= 0.3 is 5.97 Å². The molecule has 0 saturated carbocycles. The molecule has 92 valence electrons. The van der Waals surface area contributed by atoms with Gasteiger partial charge in [-0.05, 0) is 5.92 Å². The normalized spacial score (nSPS) is 39.8. The van der Waals surface area contributed by atoms with E-state index in [4.69, 9.17) is 14.2 Å². The lowest BCUT2D eigenvalue weighted by Gasteiger charge is -2.53. The van der Waals surface area contributed by atoms with Crippen molar-refractivity contribution in [2.24, 2.45) is 11.3 Å². The van der Waals surface area contributed by atoms with Crippen LogP contribution in [0.5, 0.6) is 0 Å². The Labute approximate surface area is 95.4 Å². The van der Waals surface area contributed by atoms with Crippen LogP contribution in [-0.2, 0) is 19.0 Å². The molecule has 3 heterocycles. The van der Waals surface area contributed by atoms with E-state index < -0.39 is 5.97 Å². The second-order valence-electron chi connectivity index (χ2n) is 5.29. The molecule has 0 aliphatic carbocycles. The van der Waals surface area contributed by atoms with Gasteiger partial charge in [0.25, 0.3) is 0 Å². The Balaban J connectivity index is 2.15. The van der Waals surface area contributed by atoms with Crippen molar-refractivity contribution in [3.05, 3.63) is 0 Å². The summed E-state index contributed by atoms with van der Waals surface area (Å²) in [6.07, 6.45) is 0.665. The van der Waals surface area contributed by atoms with Crippen molar-refractivity contribution in [1.82, 2.24) is 5.32 Å². The van der Waals surface area contributed by atoms with Crippen molar-refractivity contribution in [2.45, 2.75) is 32.8 Å². The van der Waals surface area contributed by atoms with E-state index in [-0.39, 0.29) is 17.4 Å². The molecule has 3 aliphatic heterocycles. The maximum atomic E-state index is 10.6. The second kappa shape index (κ2) is 3.98. The SMILES string of the molecule is CC(C)[C@H](NC=O)C12OCC(C)(CO1)CO2. The van der Waals surface area contributed by atoms with Crippen LogP contribution in [0.15, 0.2) is 0 Å². The van der Waals surface area contributed by atoms with Crippen molar-refractivity contribution < 1.29 is 19.0 Å². The zero-order valence-corrected chi connectivity index (χ0v) is 9.99. The van der Waals surface area contributed by atoms with Crippen LogP contribution in [0.25, 0.3) is 0 Å². The summed E-state index contributed by atoms with van der Waals surface area (Å²) in [6.45, 7) is 7.88. The zero-order chi connectivity index (χ0) is 11.8. The quantitative estimate of drug-likeness (QED) is 0.713. The first kappa shape index (κ1) is 11.8. The lowest BCUT2D eigenvalue weighted by molar-refractivity contribution is -0.476. The van der Waals surface area contributed by atoms with Gasteiger partial charge in [0.05, 0.1) is 19.8 Å². The van der Waals surface area contributed by atoms with Crippen molar-refractivity contribution >= 4 is 6.41 Å². The van der Waals surface area contributed by atoms with Crippen LogP contribution in [-0.4, -0.2) is 38.2 Å². The number of carbonyl (C=O) groups excluding carboxylic acids is 1. The zero-order valence-electron chi connectivity index (χ0n) is 9.99. The van der Waals surface area contributed by atoms with Gasteiger partial charge < -0.3 is 19.5 Å². The molecule has 16 heavy (non-hydrogen) atoms. The van der Waals surface area contributed by atoms with Crippen LogP contribution in [0.2, 0.25) is 0 Å². The first-order chi connectivity index (χ1) is 7.51. The fourth-order valence-corrected chi connectivity index (χ4v) is 2.12. The molecule has 1 N–H and O–H groups in total. The molecule has 3 saturated heterocycles. The van der Waals surface area contributed by atoms with Crippen LogP contribution >= 0.6 is 0 Å². The molecule has 0 aromatic rings. The maximum Gasteiger partial charge on any atom is 0.304 e. The van der Waals surface area contributed by atoms with Crippen LogP contribution in [0.3, 0.4) is 0 Å². The van der Waals surface area contributed by atoms with Gasteiger partial charge in [0.15, 0.2) is 0 Å². The number of hydrogen-bond donors (Lipinski definition) is 1. The number of hydrogen-bond acceptors (Lipinski definition) is 4. The topological polar surface area (TPSA) is 56.8 Å². The predicted octanol–water partition coefficient (Wildman–Crippen LogP) is 0.494. The predicted molar refractivity (Wildman–Crippen MR) is 56.5 cm³/mol. The third-order valence-electron chi connectivity index (χ3n) is 3.16. The highest BCUT2D eigenvalue weighted by Crippen LogP contribution is 2.41. The molecule has 1 amide bonds. The van der Waals surface area contributed by atoms with Crippen LogP contribution < -0.4 is 5.32 Å². The number of amides is 1. The first-order valence-electron chi connectivity index (χ1n) is 5.63. The lowest BCUT2D eigenvalue weighted by Crippen LogP contribution is -2.67. The van der Waals surface area contributed by atoms with E-state index in [0.29, 0.717) is 26.2 Å². The van der Waals surface area contributed by atoms with Gasteiger partial charge in [-0.1, -0.05) is 20.8 Å². The van der Waals surface area contributed by atoms with Crippen LogP contribution in [0.1, 0.15) is 20.8 Å². The highest BCUT2D eigenvalue weighted by atomic mass is 16.9. The molecule has 5 nitrogen and oxygen atoms in total. The molecule has 0 spiro atoms. The summed E-state index contributed by atoms with van der Waals surface area (Å²) in [6, 6.07) is -0.283. The molecule has 0 unspecified atom stereocenters. The van der Waals surface area contributed by atoms with Gasteiger partial charge in [-0.2, -0.15) is 0 Å². The van der Waals surface area contributed by atoms with E-state index in [1.807, 2.05) is 13.8 Å². The number of carbonyl (C=O) groups is 1. The smallest absolute Gasteiger partial charge is 0.304 e. The van der Waals surface area contributed by atoms with Crippen molar-refractivity contribution in [1.29, 1.82) is 0 Å². The Morgan fingerprint density at radius 3 is 2.06 bits per heavy atom.